The average molecular weight is 375 g/mol. The first-order valence-corrected chi connectivity index (χ1v) is 9.11. The summed E-state index contributed by atoms with van der Waals surface area (Å²) < 4.78 is 10.5. The third-order valence-electron chi connectivity index (χ3n) is 4.34. The number of hydrogen-bond donors (Lipinski definition) is 1. The largest absolute Gasteiger partial charge is 0.637 e. The summed E-state index contributed by atoms with van der Waals surface area (Å²) in [4.78, 5) is 40.3. The van der Waals surface area contributed by atoms with Crippen molar-refractivity contribution in [3.05, 3.63) is 29.8 Å². The summed E-state index contributed by atoms with van der Waals surface area (Å²) in [6.45, 7) is 7.12. The molecule has 1 aromatic carbocycles. The van der Waals surface area contributed by atoms with Crippen molar-refractivity contribution in [3.63, 3.8) is 0 Å². The SMILES string of the molecule is CCN(CC)CCNC(=O)c1ccccc1B1OC(=O)CN(C)CC(=O)O1. The van der Waals surface area contributed by atoms with E-state index >= 15 is 0 Å². The van der Waals surface area contributed by atoms with Gasteiger partial charge in [0.25, 0.3) is 5.91 Å². The summed E-state index contributed by atoms with van der Waals surface area (Å²) in [5.74, 6) is -1.34. The Morgan fingerprint density at radius 3 is 2.33 bits per heavy atom. The maximum absolute atomic E-state index is 12.6. The second kappa shape index (κ2) is 10.1. The van der Waals surface area contributed by atoms with Crippen LogP contribution in [-0.4, -0.2) is 81.1 Å². The van der Waals surface area contributed by atoms with Crippen molar-refractivity contribution in [2.24, 2.45) is 0 Å². The lowest BCUT2D eigenvalue weighted by Gasteiger charge is -2.23. The third kappa shape index (κ3) is 6.08. The molecule has 0 bridgehead atoms. The van der Waals surface area contributed by atoms with Gasteiger partial charge in [0.1, 0.15) is 0 Å². The van der Waals surface area contributed by atoms with Gasteiger partial charge in [0.15, 0.2) is 0 Å². The number of amides is 1. The number of likely N-dealkylation sites (N-methyl/N-ethyl adjacent to an activating group) is 2. The average Bonchev–Trinajstić information content (AvgIpc) is 2.63. The van der Waals surface area contributed by atoms with Gasteiger partial charge in [-0.05, 0) is 26.2 Å². The Labute approximate surface area is 159 Å². The van der Waals surface area contributed by atoms with E-state index in [1.54, 1.807) is 31.3 Å². The molecule has 1 N–H and O–H groups in total. The zero-order chi connectivity index (χ0) is 19.8. The number of benzene rings is 1. The number of nitrogens with zero attached hydrogens (tertiary/aromatic N) is 2. The molecule has 1 amide bonds. The van der Waals surface area contributed by atoms with Crippen molar-refractivity contribution in [3.8, 4) is 0 Å². The molecule has 9 heteroatoms. The number of carbonyl (C=O) groups excluding carboxylic acids is 3. The molecule has 0 atom stereocenters. The molecule has 0 aliphatic carbocycles. The van der Waals surface area contributed by atoms with Crippen molar-refractivity contribution < 1.29 is 23.7 Å². The molecular formula is C18H26BN3O5. The van der Waals surface area contributed by atoms with E-state index in [1.807, 2.05) is 0 Å². The lowest BCUT2D eigenvalue weighted by molar-refractivity contribution is -0.145. The standard InChI is InChI=1S/C18H26BN3O5/c1-4-22(5-2)11-10-20-18(25)14-8-6-7-9-15(14)19-26-16(23)12-21(3)13-17(24)27-19/h6-9H,4-5,10-13H2,1-3H3,(H,20,25). The monoisotopic (exact) mass is 375 g/mol. The smallest absolute Gasteiger partial charge is 0.494 e. The van der Waals surface area contributed by atoms with Gasteiger partial charge in [-0.2, -0.15) is 0 Å². The van der Waals surface area contributed by atoms with Gasteiger partial charge in [0.05, 0.1) is 13.1 Å². The lowest BCUT2D eigenvalue weighted by Crippen LogP contribution is -2.50. The van der Waals surface area contributed by atoms with E-state index in [0.29, 0.717) is 17.6 Å². The second-order valence-corrected chi connectivity index (χ2v) is 6.35. The molecule has 1 aliphatic heterocycles. The predicted molar refractivity (Wildman–Crippen MR) is 102 cm³/mol. The van der Waals surface area contributed by atoms with Crippen LogP contribution in [0.15, 0.2) is 24.3 Å². The Bertz CT molecular complexity index is 661. The summed E-state index contributed by atoms with van der Waals surface area (Å²) in [5, 5.41) is 2.87. The quantitative estimate of drug-likeness (QED) is 0.642. The minimum Gasteiger partial charge on any atom is -0.494 e. The van der Waals surface area contributed by atoms with Gasteiger partial charge in [-0.15, -0.1) is 0 Å². The van der Waals surface area contributed by atoms with Crippen molar-refractivity contribution in [2.75, 3.05) is 46.3 Å². The molecule has 1 saturated heterocycles. The van der Waals surface area contributed by atoms with Gasteiger partial charge in [-0.25, -0.2) is 0 Å². The van der Waals surface area contributed by atoms with Crippen LogP contribution in [0, 0.1) is 0 Å². The van der Waals surface area contributed by atoms with Crippen molar-refractivity contribution in [1.29, 1.82) is 0 Å². The van der Waals surface area contributed by atoms with Gasteiger partial charge >= 0.3 is 19.1 Å². The van der Waals surface area contributed by atoms with Crippen LogP contribution in [0.3, 0.4) is 0 Å². The van der Waals surface area contributed by atoms with Crippen LogP contribution in [0.25, 0.3) is 0 Å². The molecule has 0 saturated carbocycles. The maximum atomic E-state index is 12.6. The molecule has 0 aromatic heterocycles. The second-order valence-electron chi connectivity index (χ2n) is 6.35. The highest BCUT2D eigenvalue weighted by Crippen LogP contribution is 2.05. The van der Waals surface area contributed by atoms with Crippen LogP contribution < -0.4 is 10.8 Å². The van der Waals surface area contributed by atoms with Crippen LogP contribution in [-0.2, 0) is 18.9 Å². The summed E-state index contributed by atoms with van der Waals surface area (Å²) in [6, 6.07) is 6.65. The van der Waals surface area contributed by atoms with E-state index in [9.17, 15) is 14.4 Å². The highest BCUT2D eigenvalue weighted by atomic mass is 16.6. The van der Waals surface area contributed by atoms with E-state index in [0.717, 1.165) is 19.6 Å². The van der Waals surface area contributed by atoms with Crippen LogP contribution in [0.1, 0.15) is 24.2 Å². The van der Waals surface area contributed by atoms with Gasteiger partial charge in [0, 0.05) is 24.1 Å². The number of hydrogen-bond acceptors (Lipinski definition) is 7. The van der Waals surface area contributed by atoms with E-state index in [4.69, 9.17) is 9.31 Å². The molecule has 1 heterocycles. The highest BCUT2D eigenvalue weighted by molar-refractivity contribution is 6.66. The third-order valence-corrected chi connectivity index (χ3v) is 4.34. The fourth-order valence-electron chi connectivity index (χ4n) is 2.83. The van der Waals surface area contributed by atoms with Crippen molar-refractivity contribution in [2.45, 2.75) is 13.8 Å². The van der Waals surface area contributed by atoms with Gasteiger partial charge in [-0.1, -0.05) is 32.0 Å². The van der Waals surface area contributed by atoms with E-state index in [2.05, 4.69) is 24.1 Å². The Hall–Kier alpha value is -2.39. The number of carbonyl (C=O) groups is 3. The number of nitrogens with one attached hydrogen (secondary N) is 1. The van der Waals surface area contributed by atoms with Crippen molar-refractivity contribution in [1.82, 2.24) is 15.1 Å². The molecule has 1 fully saturated rings. The van der Waals surface area contributed by atoms with E-state index in [1.165, 1.54) is 4.90 Å². The van der Waals surface area contributed by atoms with Crippen LogP contribution in [0.2, 0.25) is 0 Å². The molecule has 8 nitrogen and oxygen atoms in total. The number of rotatable bonds is 7. The fourth-order valence-corrected chi connectivity index (χ4v) is 2.83. The van der Waals surface area contributed by atoms with Crippen LogP contribution >= 0.6 is 0 Å². The predicted octanol–water partition coefficient (Wildman–Crippen LogP) is -0.515. The van der Waals surface area contributed by atoms with Gasteiger partial charge in [-0.3, -0.25) is 19.3 Å². The molecular weight excluding hydrogens is 349 g/mol. The van der Waals surface area contributed by atoms with Crippen LogP contribution in [0.5, 0.6) is 0 Å². The molecule has 27 heavy (non-hydrogen) atoms. The summed E-state index contributed by atoms with van der Waals surface area (Å²) in [5.41, 5.74) is 0.667. The normalized spacial score (nSPS) is 15.8. The fraction of sp³-hybridized carbons (Fsp3) is 0.500. The molecule has 0 unspecified atom stereocenters. The van der Waals surface area contributed by atoms with E-state index < -0.39 is 19.1 Å². The molecule has 0 radical (unpaired) electrons. The van der Waals surface area contributed by atoms with Crippen molar-refractivity contribution >= 4 is 30.4 Å². The zero-order valence-electron chi connectivity index (χ0n) is 16.1. The van der Waals surface area contributed by atoms with Gasteiger partial charge in [0.2, 0.25) is 0 Å². The first-order valence-electron chi connectivity index (χ1n) is 9.11. The molecule has 146 valence electrons. The minimum atomic E-state index is -1.23. The Morgan fingerprint density at radius 1 is 1.15 bits per heavy atom. The Balaban J connectivity index is 2.12. The highest BCUT2D eigenvalue weighted by Gasteiger charge is 2.36. The molecule has 2 rings (SSSR count). The molecule has 0 spiro atoms. The topological polar surface area (TPSA) is 88.2 Å². The summed E-state index contributed by atoms with van der Waals surface area (Å²) >= 11 is 0. The Kier molecular flexibility index (Phi) is 7.81. The Morgan fingerprint density at radius 2 is 1.74 bits per heavy atom. The first-order chi connectivity index (χ1) is 12.9. The lowest BCUT2D eigenvalue weighted by atomic mass is 9.75. The molecule has 1 aromatic rings. The summed E-state index contributed by atoms with van der Waals surface area (Å²) in [7, 11) is 0.392. The van der Waals surface area contributed by atoms with Crippen LogP contribution in [0.4, 0.5) is 0 Å². The maximum Gasteiger partial charge on any atom is 0.637 e. The minimum absolute atomic E-state index is 0.0240. The first kappa shape index (κ1) is 20.9. The van der Waals surface area contributed by atoms with E-state index in [-0.39, 0.29) is 19.0 Å². The molecule has 1 aliphatic rings. The summed E-state index contributed by atoms with van der Waals surface area (Å²) in [6.07, 6.45) is 0. The van der Waals surface area contributed by atoms with Gasteiger partial charge < -0.3 is 19.5 Å². The zero-order valence-corrected chi connectivity index (χ0v) is 16.1.